The van der Waals surface area contributed by atoms with Gasteiger partial charge in [0.25, 0.3) is 5.91 Å². The van der Waals surface area contributed by atoms with Crippen molar-refractivity contribution in [1.82, 2.24) is 4.90 Å². The van der Waals surface area contributed by atoms with Gasteiger partial charge >= 0.3 is 0 Å². The van der Waals surface area contributed by atoms with Gasteiger partial charge in [0.15, 0.2) is 0 Å². The Hall–Kier alpha value is -1.07. The average molecular weight is 270 g/mol. The molecule has 0 aliphatic rings. The number of nitrogen functional groups attached to an aromatic ring is 1. The van der Waals surface area contributed by atoms with Crippen molar-refractivity contribution in [3.8, 4) is 0 Å². The molecule has 1 amide bonds. The maximum absolute atomic E-state index is 12.2. The van der Waals surface area contributed by atoms with E-state index in [2.05, 4.69) is 6.92 Å². The second-order valence-electron chi connectivity index (χ2n) is 4.28. The van der Waals surface area contributed by atoms with Gasteiger partial charge in [0.05, 0.1) is 12.3 Å². The molecular weight excluding hydrogens is 248 g/mol. The summed E-state index contributed by atoms with van der Waals surface area (Å²) in [7, 11) is 0. The van der Waals surface area contributed by atoms with Crippen molar-refractivity contribution >= 4 is 22.9 Å². The molecule has 1 aromatic heterocycles. The first-order valence-electron chi connectivity index (χ1n) is 6.43. The summed E-state index contributed by atoms with van der Waals surface area (Å²) in [4.78, 5) is 14.5. The van der Waals surface area contributed by atoms with Crippen molar-refractivity contribution in [3.05, 3.63) is 16.3 Å². The molecule has 3 N–H and O–H groups in total. The summed E-state index contributed by atoms with van der Waals surface area (Å²) in [5.41, 5.74) is 6.28. The Kier molecular flexibility index (Phi) is 6.75. The Labute approximate surface area is 112 Å². The highest BCUT2D eigenvalue weighted by Gasteiger charge is 2.18. The molecule has 4 nitrogen and oxygen atoms in total. The highest BCUT2D eigenvalue weighted by Crippen LogP contribution is 2.21. The minimum atomic E-state index is -0.0620. The number of hydrogen-bond donors (Lipinski definition) is 2. The molecule has 0 fully saturated rings. The number of nitrogens with two attached hydrogens (primary N) is 1. The Bertz CT molecular complexity index is 366. The van der Waals surface area contributed by atoms with E-state index in [1.54, 1.807) is 11.0 Å². The van der Waals surface area contributed by atoms with Gasteiger partial charge in [-0.2, -0.15) is 0 Å². The third kappa shape index (κ3) is 4.31. The van der Waals surface area contributed by atoms with Crippen LogP contribution in [0, 0.1) is 0 Å². The summed E-state index contributed by atoms with van der Waals surface area (Å²) >= 11 is 1.36. The van der Waals surface area contributed by atoms with Crippen LogP contribution in [0.25, 0.3) is 0 Å². The molecule has 0 unspecified atom stereocenters. The number of thiophene rings is 1. The van der Waals surface area contributed by atoms with Gasteiger partial charge < -0.3 is 15.7 Å². The van der Waals surface area contributed by atoms with Crippen LogP contribution in [0.4, 0.5) is 5.69 Å². The number of carbonyl (C=O) groups excluding carboxylic acids is 1. The monoisotopic (exact) mass is 270 g/mol. The third-order valence-electron chi connectivity index (χ3n) is 2.83. The molecule has 0 aliphatic heterocycles. The molecular formula is C13H22N2O2S. The topological polar surface area (TPSA) is 66.6 Å². The zero-order chi connectivity index (χ0) is 13.4. The molecule has 102 valence electrons. The van der Waals surface area contributed by atoms with Crippen LogP contribution in [0.1, 0.15) is 42.3 Å². The first-order valence-corrected chi connectivity index (χ1v) is 7.31. The van der Waals surface area contributed by atoms with Gasteiger partial charge in [-0.3, -0.25) is 4.79 Å². The maximum atomic E-state index is 12.2. The molecule has 18 heavy (non-hydrogen) atoms. The third-order valence-corrected chi connectivity index (χ3v) is 3.75. The lowest BCUT2D eigenvalue weighted by Gasteiger charge is -2.21. The van der Waals surface area contributed by atoms with Crippen molar-refractivity contribution < 1.29 is 9.90 Å². The average Bonchev–Trinajstić information content (AvgIpc) is 2.78. The zero-order valence-electron chi connectivity index (χ0n) is 10.9. The molecule has 0 radical (unpaired) electrons. The van der Waals surface area contributed by atoms with E-state index in [-0.39, 0.29) is 12.5 Å². The predicted octanol–water partition coefficient (Wildman–Crippen LogP) is 2.35. The number of nitrogens with zero attached hydrogens (tertiary/aromatic N) is 1. The lowest BCUT2D eigenvalue weighted by molar-refractivity contribution is 0.0724. The molecule has 5 heteroatoms. The Morgan fingerprint density at radius 3 is 2.72 bits per heavy atom. The van der Waals surface area contributed by atoms with Crippen LogP contribution in [-0.2, 0) is 0 Å². The lowest BCUT2D eigenvalue weighted by atomic mass is 10.2. The predicted molar refractivity (Wildman–Crippen MR) is 75.9 cm³/mol. The van der Waals surface area contributed by atoms with E-state index < -0.39 is 0 Å². The van der Waals surface area contributed by atoms with Crippen LogP contribution >= 0.6 is 11.3 Å². The van der Waals surface area contributed by atoms with Crippen molar-refractivity contribution in [2.24, 2.45) is 0 Å². The fourth-order valence-electron chi connectivity index (χ4n) is 1.80. The van der Waals surface area contributed by atoms with E-state index in [0.29, 0.717) is 23.7 Å². The summed E-state index contributed by atoms with van der Waals surface area (Å²) in [5.74, 6) is -0.0620. The Morgan fingerprint density at radius 1 is 1.39 bits per heavy atom. The first kappa shape index (κ1) is 15.0. The molecule has 1 aromatic rings. The second kappa shape index (κ2) is 8.11. The van der Waals surface area contributed by atoms with Gasteiger partial charge in [0.1, 0.15) is 4.88 Å². The van der Waals surface area contributed by atoms with Crippen LogP contribution in [0.15, 0.2) is 11.4 Å². The number of anilines is 1. The van der Waals surface area contributed by atoms with Crippen LogP contribution in [0.2, 0.25) is 0 Å². The fraction of sp³-hybridized carbons (Fsp3) is 0.615. The van der Waals surface area contributed by atoms with Crippen LogP contribution in [-0.4, -0.2) is 35.6 Å². The number of unbranched alkanes of at least 4 members (excludes halogenated alkanes) is 3. The SMILES string of the molecule is CCCCCCN(CCO)C(=O)c1sccc1N. The maximum Gasteiger partial charge on any atom is 0.266 e. The van der Waals surface area contributed by atoms with Crippen LogP contribution in [0.3, 0.4) is 0 Å². The Morgan fingerprint density at radius 2 is 2.17 bits per heavy atom. The molecule has 0 aromatic carbocycles. The van der Waals surface area contributed by atoms with E-state index in [4.69, 9.17) is 10.8 Å². The molecule has 0 saturated carbocycles. The van der Waals surface area contributed by atoms with E-state index in [1.165, 1.54) is 24.2 Å². The summed E-state index contributed by atoms with van der Waals surface area (Å²) < 4.78 is 0. The van der Waals surface area contributed by atoms with Crippen molar-refractivity contribution in [1.29, 1.82) is 0 Å². The van der Waals surface area contributed by atoms with Gasteiger partial charge in [-0.15, -0.1) is 11.3 Å². The standard InChI is InChI=1S/C13H22N2O2S/c1-2-3-4-5-7-15(8-9-16)13(17)12-11(14)6-10-18-12/h6,10,16H,2-5,7-9,14H2,1H3. The second-order valence-corrected chi connectivity index (χ2v) is 5.20. The summed E-state index contributed by atoms with van der Waals surface area (Å²) in [6, 6.07) is 1.74. The lowest BCUT2D eigenvalue weighted by Crippen LogP contribution is -2.34. The zero-order valence-corrected chi connectivity index (χ0v) is 11.7. The van der Waals surface area contributed by atoms with Gasteiger partial charge in [-0.05, 0) is 17.9 Å². The molecule has 0 saturated heterocycles. The normalized spacial score (nSPS) is 10.6. The highest BCUT2D eigenvalue weighted by atomic mass is 32.1. The van der Waals surface area contributed by atoms with Crippen LogP contribution in [0.5, 0.6) is 0 Å². The minimum Gasteiger partial charge on any atom is -0.397 e. The van der Waals surface area contributed by atoms with Gasteiger partial charge in [0, 0.05) is 13.1 Å². The Balaban J connectivity index is 2.55. The van der Waals surface area contributed by atoms with Crippen LogP contribution < -0.4 is 5.73 Å². The largest absolute Gasteiger partial charge is 0.397 e. The number of rotatable bonds is 8. The minimum absolute atomic E-state index is 0.00913. The number of hydrogen-bond acceptors (Lipinski definition) is 4. The van der Waals surface area contributed by atoms with Gasteiger partial charge in [-0.1, -0.05) is 26.2 Å². The van der Waals surface area contributed by atoms with E-state index >= 15 is 0 Å². The number of carbonyl (C=O) groups is 1. The van der Waals surface area contributed by atoms with Gasteiger partial charge in [-0.25, -0.2) is 0 Å². The van der Waals surface area contributed by atoms with Crippen molar-refractivity contribution in [2.75, 3.05) is 25.4 Å². The fourth-order valence-corrected chi connectivity index (χ4v) is 2.59. The quantitative estimate of drug-likeness (QED) is 0.713. The smallest absolute Gasteiger partial charge is 0.266 e. The van der Waals surface area contributed by atoms with Crippen molar-refractivity contribution in [2.45, 2.75) is 32.6 Å². The molecule has 0 bridgehead atoms. The van der Waals surface area contributed by atoms with Crippen molar-refractivity contribution in [3.63, 3.8) is 0 Å². The van der Waals surface area contributed by atoms with E-state index in [1.807, 2.05) is 5.38 Å². The molecule has 0 atom stereocenters. The number of aliphatic hydroxyl groups is 1. The molecule has 0 spiro atoms. The van der Waals surface area contributed by atoms with E-state index in [9.17, 15) is 4.79 Å². The van der Waals surface area contributed by atoms with E-state index in [0.717, 1.165) is 12.8 Å². The molecule has 1 heterocycles. The van der Waals surface area contributed by atoms with Gasteiger partial charge in [0.2, 0.25) is 0 Å². The number of aliphatic hydroxyl groups excluding tert-OH is 1. The number of amides is 1. The summed E-state index contributed by atoms with van der Waals surface area (Å²) in [6.45, 7) is 3.22. The summed E-state index contributed by atoms with van der Waals surface area (Å²) in [5, 5.41) is 10.8. The highest BCUT2D eigenvalue weighted by molar-refractivity contribution is 7.12. The molecule has 0 aliphatic carbocycles. The molecule has 1 rings (SSSR count). The summed E-state index contributed by atoms with van der Waals surface area (Å²) in [6.07, 6.45) is 4.45. The first-order chi connectivity index (χ1) is 8.70.